The summed E-state index contributed by atoms with van der Waals surface area (Å²) in [5.74, 6) is -1.77. The molecule has 1 rings (SSSR count). The molecular formula is C13H20F2N2O2S. The van der Waals surface area contributed by atoms with Gasteiger partial charge in [-0.3, -0.25) is 0 Å². The summed E-state index contributed by atoms with van der Waals surface area (Å²) in [6.45, 7) is 3.86. The molecular weight excluding hydrogens is 286 g/mol. The first-order chi connectivity index (χ1) is 9.26. The molecule has 114 valence electrons. The van der Waals surface area contributed by atoms with Crippen LogP contribution in [0.25, 0.3) is 0 Å². The van der Waals surface area contributed by atoms with Gasteiger partial charge in [0.05, 0.1) is 0 Å². The van der Waals surface area contributed by atoms with Crippen LogP contribution in [0.3, 0.4) is 0 Å². The average Bonchev–Trinajstić information content (AvgIpc) is 2.38. The molecule has 0 fully saturated rings. The Kier molecular flexibility index (Phi) is 6.04. The van der Waals surface area contributed by atoms with E-state index in [0.29, 0.717) is 24.9 Å². The lowest BCUT2D eigenvalue weighted by molar-refractivity contribution is 0.458. The van der Waals surface area contributed by atoms with Crippen LogP contribution in [0.4, 0.5) is 8.78 Å². The first-order valence-electron chi connectivity index (χ1n) is 6.43. The molecule has 1 atom stereocenters. The van der Waals surface area contributed by atoms with Gasteiger partial charge in [0.1, 0.15) is 0 Å². The number of nitrogens with one attached hydrogen (secondary N) is 1. The molecule has 7 heteroatoms. The Hall–Kier alpha value is -1.05. The van der Waals surface area contributed by atoms with Crippen LogP contribution in [-0.2, 0) is 16.6 Å². The third-order valence-electron chi connectivity index (χ3n) is 3.06. The van der Waals surface area contributed by atoms with Gasteiger partial charge < -0.3 is 0 Å². The van der Waals surface area contributed by atoms with Crippen LogP contribution in [0.1, 0.15) is 25.8 Å². The van der Waals surface area contributed by atoms with Crippen LogP contribution in [0, 0.1) is 11.6 Å². The van der Waals surface area contributed by atoms with Gasteiger partial charge in [-0.05, 0) is 37.5 Å². The smallest absolute Gasteiger partial charge is 0.204 e. The third-order valence-corrected chi connectivity index (χ3v) is 4.83. The Morgan fingerprint density at radius 3 is 2.50 bits per heavy atom. The fraction of sp³-hybridized carbons (Fsp3) is 0.538. The zero-order chi connectivity index (χ0) is 15.3. The maximum atomic E-state index is 13.0. The van der Waals surface area contributed by atoms with E-state index in [2.05, 4.69) is 4.72 Å². The number of hydrogen-bond acceptors (Lipinski definition) is 2. The second-order valence-electron chi connectivity index (χ2n) is 4.73. The Bertz CT molecular complexity index is 549. The molecule has 0 unspecified atom stereocenters. The number of halogens is 2. The fourth-order valence-corrected chi connectivity index (χ4v) is 2.80. The number of nitrogens with zero attached hydrogens (tertiary/aromatic N) is 1. The third kappa shape index (κ3) is 4.81. The summed E-state index contributed by atoms with van der Waals surface area (Å²) in [6, 6.07) is 3.42. The predicted molar refractivity (Wildman–Crippen MR) is 74.5 cm³/mol. The molecule has 0 aliphatic carbocycles. The van der Waals surface area contributed by atoms with Gasteiger partial charge in [0.15, 0.2) is 11.6 Å². The molecule has 0 aliphatic rings. The molecule has 1 aromatic rings. The summed E-state index contributed by atoms with van der Waals surface area (Å²) >= 11 is 0. The molecule has 1 N–H and O–H groups in total. The predicted octanol–water partition coefficient (Wildman–Crippen LogP) is 2.07. The first-order valence-corrected chi connectivity index (χ1v) is 7.87. The number of benzene rings is 1. The second kappa shape index (κ2) is 7.10. The molecule has 4 nitrogen and oxygen atoms in total. The zero-order valence-electron chi connectivity index (χ0n) is 11.9. The Balaban J connectivity index is 2.55. The Labute approximate surface area is 119 Å². The second-order valence-corrected chi connectivity index (χ2v) is 6.53. The van der Waals surface area contributed by atoms with Gasteiger partial charge in [0, 0.05) is 19.6 Å². The molecule has 0 spiro atoms. The number of hydrogen-bond donors (Lipinski definition) is 1. The van der Waals surface area contributed by atoms with E-state index in [1.54, 1.807) is 13.8 Å². The molecule has 1 aromatic carbocycles. The van der Waals surface area contributed by atoms with E-state index < -0.39 is 21.8 Å². The van der Waals surface area contributed by atoms with Gasteiger partial charge in [0.25, 0.3) is 10.2 Å². The monoisotopic (exact) mass is 306 g/mol. The zero-order valence-corrected chi connectivity index (χ0v) is 12.7. The minimum Gasteiger partial charge on any atom is -0.204 e. The van der Waals surface area contributed by atoms with Crippen molar-refractivity contribution in [3.63, 3.8) is 0 Å². The molecule has 0 aromatic heterocycles. The molecule has 0 aliphatic heterocycles. The fourth-order valence-electron chi connectivity index (χ4n) is 1.65. The van der Waals surface area contributed by atoms with Gasteiger partial charge in [-0.25, -0.2) is 8.78 Å². The molecule has 0 amide bonds. The summed E-state index contributed by atoms with van der Waals surface area (Å²) in [7, 11) is -1.99. The molecule has 0 heterocycles. The number of rotatable bonds is 7. The molecule has 0 radical (unpaired) electrons. The Morgan fingerprint density at radius 1 is 1.30 bits per heavy atom. The molecule has 0 saturated carbocycles. The van der Waals surface area contributed by atoms with Crippen LogP contribution in [-0.4, -0.2) is 32.4 Å². The lowest BCUT2D eigenvalue weighted by Crippen LogP contribution is -2.42. The highest BCUT2D eigenvalue weighted by Crippen LogP contribution is 2.11. The lowest BCUT2D eigenvalue weighted by Gasteiger charge is -2.19. The van der Waals surface area contributed by atoms with Crippen LogP contribution in [0.5, 0.6) is 0 Å². The van der Waals surface area contributed by atoms with Crippen molar-refractivity contribution in [3.8, 4) is 0 Å². The van der Waals surface area contributed by atoms with E-state index in [9.17, 15) is 17.2 Å². The van der Waals surface area contributed by atoms with Crippen molar-refractivity contribution >= 4 is 10.2 Å². The SMILES string of the molecule is CCN(C)S(=O)(=O)N[C@@H](C)CCc1ccc(F)c(F)c1. The summed E-state index contributed by atoms with van der Waals surface area (Å²) in [5, 5.41) is 0. The van der Waals surface area contributed by atoms with Crippen LogP contribution in [0.15, 0.2) is 18.2 Å². The topological polar surface area (TPSA) is 49.4 Å². The standard InChI is InChI=1S/C13H20F2N2O2S/c1-4-17(3)20(18,19)16-10(2)5-6-11-7-8-12(14)13(15)9-11/h7-10,16H,4-6H2,1-3H3/t10-/m0/s1. The van der Waals surface area contributed by atoms with Crippen molar-refractivity contribution in [2.24, 2.45) is 0 Å². The van der Waals surface area contributed by atoms with Gasteiger partial charge in [-0.2, -0.15) is 17.4 Å². The normalized spacial score (nSPS) is 13.7. The first kappa shape index (κ1) is 17.0. The molecule has 0 bridgehead atoms. The van der Waals surface area contributed by atoms with Crippen LogP contribution in [0.2, 0.25) is 0 Å². The maximum absolute atomic E-state index is 13.0. The van der Waals surface area contributed by atoms with E-state index in [4.69, 9.17) is 0 Å². The van der Waals surface area contributed by atoms with Gasteiger partial charge in [0.2, 0.25) is 0 Å². The quantitative estimate of drug-likeness (QED) is 0.838. The van der Waals surface area contributed by atoms with Crippen molar-refractivity contribution in [2.45, 2.75) is 32.7 Å². The van der Waals surface area contributed by atoms with Crippen molar-refractivity contribution in [3.05, 3.63) is 35.4 Å². The minimum atomic E-state index is -3.48. The lowest BCUT2D eigenvalue weighted by atomic mass is 10.1. The van der Waals surface area contributed by atoms with Crippen LogP contribution >= 0.6 is 0 Å². The van der Waals surface area contributed by atoms with Crippen molar-refractivity contribution in [1.82, 2.24) is 9.03 Å². The summed E-state index contributed by atoms with van der Waals surface area (Å²) in [6.07, 6.45) is 0.971. The van der Waals surface area contributed by atoms with E-state index in [1.165, 1.54) is 17.4 Å². The summed E-state index contributed by atoms with van der Waals surface area (Å²) < 4.78 is 53.1. The number of aryl methyl sites for hydroxylation is 1. The van der Waals surface area contributed by atoms with E-state index >= 15 is 0 Å². The molecule has 0 saturated heterocycles. The Morgan fingerprint density at radius 2 is 1.95 bits per heavy atom. The van der Waals surface area contributed by atoms with Gasteiger partial charge in [-0.15, -0.1) is 0 Å². The van der Waals surface area contributed by atoms with Crippen molar-refractivity contribution < 1.29 is 17.2 Å². The highest BCUT2D eigenvalue weighted by molar-refractivity contribution is 7.87. The average molecular weight is 306 g/mol. The minimum absolute atomic E-state index is 0.290. The van der Waals surface area contributed by atoms with E-state index in [-0.39, 0.29) is 6.04 Å². The van der Waals surface area contributed by atoms with E-state index in [0.717, 1.165) is 12.1 Å². The van der Waals surface area contributed by atoms with Crippen LogP contribution < -0.4 is 4.72 Å². The van der Waals surface area contributed by atoms with Crippen molar-refractivity contribution in [1.29, 1.82) is 0 Å². The van der Waals surface area contributed by atoms with Gasteiger partial charge >= 0.3 is 0 Å². The van der Waals surface area contributed by atoms with Crippen molar-refractivity contribution in [2.75, 3.05) is 13.6 Å². The van der Waals surface area contributed by atoms with E-state index in [1.807, 2.05) is 0 Å². The molecule has 20 heavy (non-hydrogen) atoms. The maximum Gasteiger partial charge on any atom is 0.279 e. The highest BCUT2D eigenvalue weighted by atomic mass is 32.2. The largest absolute Gasteiger partial charge is 0.279 e. The summed E-state index contributed by atoms with van der Waals surface area (Å²) in [5.41, 5.74) is 0.638. The summed E-state index contributed by atoms with van der Waals surface area (Å²) in [4.78, 5) is 0. The highest BCUT2D eigenvalue weighted by Gasteiger charge is 2.18. The van der Waals surface area contributed by atoms with Gasteiger partial charge in [-0.1, -0.05) is 13.0 Å².